The van der Waals surface area contributed by atoms with Gasteiger partial charge in [0.05, 0.1) is 5.56 Å². The fourth-order valence-electron chi connectivity index (χ4n) is 3.55. The molecule has 1 aliphatic rings. The van der Waals surface area contributed by atoms with E-state index in [0.717, 1.165) is 37.2 Å². The van der Waals surface area contributed by atoms with E-state index in [4.69, 9.17) is 0 Å². The molecule has 0 atom stereocenters. The summed E-state index contributed by atoms with van der Waals surface area (Å²) in [4.78, 5) is 11.6. The zero-order valence-electron chi connectivity index (χ0n) is 13.6. The number of benzene rings is 1. The van der Waals surface area contributed by atoms with Crippen molar-refractivity contribution in [2.24, 2.45) is 5.92 Å². The summed E-state index contributed by atoms with van der Waals surface area (Å²) in [6.07, 6.45) is 8.16. The second kappa shape index (κ2) is 7.85. The second-order valence-electron chi connectivity index (χ2n) is 6.50. The third-order valence-corrected chi connectivity index (χ3v) is 4.95. The standard InChI is InChI=1S/C19H26F2O/c1-3-5-6-13-7-9-14(10-8-13)15-11-16(20)19(17(21)12-15)18(22)4-2/h11-14H,3-10H2,1-2H3. The van der Waals surface area contributed by atoms with E-state index in [1.165, 1.54) is 31.4 Å². The largest absolute Gasteiger partial charge is 0.294 e. The van der Waals surface area contributed by atoms with Crippen LogP contribution in [0.5, 0.6) is 0 Å². The van der Waals surface area contributed by atoms with Gasteiger partial charge in [0, 0.05) is 6.42 Å². The highest BCUT2D eigenvalue weighted by Gasteiger charge is 2.25. The lowest BCUT2D eigenvalue weighted by molar-refractivity contribution is 0.0980. The number of Topliss-reactive ketones (excluding diaryl/α,β-unsaturated/α-hetero) is 1. The SMILES string of the molecule is CCCCC1CCC(c2cc(F)c(C(=O)CC)c(F)c2)CC1. The van der Waals surface area contributed by atoms with Gasteiger partial charge < -0.3 is 0 Å². The van der Waals surface area contributed by atoms with Crippen LogP contribution in [-0.2, 0) is 0 Å². The Kier molecular flexibility index (Phi) is 6.10. The summed E-state index contributed by atoms with van der Waals surface area (Å²) in [6, 6.07) is 2.76. The van der Waals surface area contributed by atoms with E-state index >= 15 is 0 Å². The predicted octanol–water partition coefficient (Wildman–Crippen LogP) is 6.02. The van der Waals surface area contributed by atoms with Gasteiger partial charge in [-0.25, -0.2) is 8.78 Å². The van der Waals surface area contributed by atoms with Gasteiger partial charge in [-0.2, -0.15) is 0 Å². The Labute approximate surface area is 132 Å². The fraction of sp³-hybridized carbons (Fsp3) is 0.632. The molecule has 22 heavy (non-hydrogen) atoms. The Bertz CT molecular complexity index is 493. The molecule has 1 nitrogen and oxygen atoms in total. The topological polar surface area (TPSA) is 17.1 Å². The summed E-state index contributed by atoms with van der Waals surface area (Å²) >= 11 is 0. The van der Waals surface area contributed by atoms with Crippen LogP contribution in [0.15, 0.2) is 12.1 Å². The first-order valence-corrected chi connectivity index (χ1v) is 8.58. The number of unbranched alkanes of at least 4 members (excludes halogenated alkanes) is 1. The number of carbonyl (C=O) groups is 1. The highest BCUT2D eigenvalue weighted by molar-refractivity contribution is 5.96. The third kappa shape index (κ3) is 3.93. The quantitative estimate of drug-likeness (QED) is 0.587. The fourth-order valence-corrected chi connectivity index (χ4v) is 3.55. The summed E-state index contributed by atoms with van der Waals surface area (Å²) in [7, 11) is 0. The van der Waals surface area contributed by atoms with Crippen molar-refractivity contribution in [1.82, 2.24) is 0 Å². The van der Waals surface area contributed by atoms with Crippen molar-refractivity contribution >= 4 is 5.78 Å². The van der Waals surface area contributed by atoms with Crippen LogP contribution in [0, 0.1) is 17.6 Å². The normalized spacial score (nSPS) is 21.8. The van der Waals surface area contributed by atoms with E-state index in [0.29, 0.717) is 0 Å². The molecule has 3 heteroatoms. The number of halogens is 2. The van der Waals surface area contributed by atoms with E-state index in [1.807, 2.05) is 0 Å². The van der Waals surface area contributed by atoms with E-state index in [1.54, 1.807) is 6.92 Å². The van der Waals surface area contributed by atoms with Crippen LogP contribution in [0.2, 0.25) is 0 Å². The molecule has 1 aromatic rings. The van der Waals surface area contributed by atoms with Crippen LogP contribution in [0.1, 0.15) is 87.1 Å². The van der Waals surface area contributed by atoms with Crippen molar-refractivity contribution in [1.29, 1.82) is 0 Å². The Balaban J connectivity index is 2.07. The molecule has 1 fully saturated rings. The first-order chi connectivity index (χ1) is 10.6. The average molecular weight is 308 g/mol. The van der Waals surface area contributed by atoms with Crippen molar-refractivity contribution < 1.29 is 13.6 Å². The summed E-state index contributed by atoms with van der Waals surface area (Å²) in [5.74, 6) is -0.866. The van der Waals surface area contributed by atoms with E-state index < -0.39 is 17.4 Å². The molecule has 122 valence electrons. The number of rotatable bonds is 6. The van der Waals surface area contributed by atoms with Gasteiger partial charge in [0.2, 0.25) is 0 Å². The van der Waals surface area contributed by atoms with Gasteiger partial charge in [0.1, 0.15) is 11.6 Å². The molecule has 1 aliphatic carbocycles. The minimum absolute atomic E-state index is 0.121. The Morgan fingerprint density at radius 1 is 1.09 bits per heavy atom. The molecule has 0 radical (unpaired) electrons. The lowest BCUT2D eigenvalue weighted by Crippen LogP contribution is -2.15. The summed E-state index contributed by atoms with van der Waals surface area (Å²) in [6.45, 7) is 3.82. The first kappa shape index (κ1) is 17.1. The van der Waals surface area contributed by atoms with Crippen molar-refractivity contribution in [3.05, 3.63) is 34.9 Å². The smallest absolute Gasteiger partial charge is 0.168 e. The Morgan fingerprint density at radius 3 is 2.18 bits per heavy atom. The highest BCUT2D eigenvalue weighted by atomic mass is 19.1. The average Bonchev–Trinajstić information content (AvgIpc) is 2.52. The minimum atomic E-state index is -0.699. The predicted molar refractivity (Wildman–Crippen MR) is 85.2 cm³/mol. The molecule has 2 rings (SSSR count). The molecule has 0 heterocycles. The summed E-state index contributed by atoms with van der Waals surface area (Å²) in [5, 5.41) is 0. The number of ketones is 1. The van der Waals surface area contributed by atoms with Crippen LogP contribution in [0.25, 0.3) is 0 Å². The van der Waals surface area contributed by atoms with Crippen LogP contribution < -0.4 is 0 Å². The lowest BCUT2D eigenvalue weighted by Gasteiger charge is -2.29. The first-order valence-electron chi connectivity index (χ1n) is 8.58. The van der Waals surface area contributed by atoms with E-state index in [2.05, 4.69) is 6.92 Å². The molecule has 0 unspecified atom stereocenters. The molecule has 0 spiro atoms. The van der Waals surface area contributed by atoms with Crippen LogP contribution >= 0.6 is 0 Å². The van der Waals surface area contributed by atoms with Crippen molar-refractivity contribution in [2.45, 2.75) is 71.1 Å². The van der Waals surface area contributed by atoms with Gasteiger partial charge in [-0.05, 0) is 55.2 Å². The van der Waals surface area contributed by atoms with Gasteiger partial charge in [0.15, 0.2) is 5.78 Å². The summed E-state index contributed by atoms with van der Waals surface area (Å²) < 4.78 is 28.2. The Morgan fingerprint density at radius 2 is 1.68 bits per heavy atom. The van der Waals surface area contributed by atoms with Crippen molar-refractivity contribution in [3.63, 3.8) is 0 Å². The van der Waals surface area contributed by atoms with Gasteiger partial charge >= 0.3 is 0 Å². The second-order valence-corrected chi connectivity index (χ2v) is 6.50. The van der Waals surface area contributed by atoms with Crippen LogP contribution in [-0.4, -0.2) is 5.78 Å². The number of hydrogen-bond acceptors (Lipinski definition) is 1. The molecular formula is C19H26F2O. The third-order valence-electron chi connectivity index (χ3n) is 4.95. The van der Waals surface area contributed by atoms with Crippen molar-refractivity contribution in [3.8, 4) is 0 Å². The number of carbonyl (C=O) groups excluding carboxylic acids is 1. The Hall–Kier alpha value is -1.25. The molecule has 0 aliphatic heterocycles. The zero-order chi connectivity index (χ0) is 16.1. The molecule has 0 aromatic heterocycles. The van der Waals surface area contributed by atoms with Gasteiger partial charge in [-0.3, -0.25) is 4.79 Å². The molecule has 0 amide bonds. The molecular weight excluding hydrogens is 282 g/mol. The number of hydrogen-bond donors (Lipinski definition) is 0. The lowest BCUT2D eigenvalue weighted by atomic mass is 9.77. The van der Waals surface area contributed by atoms with Crippen LogP contribution in [0.3, 0.4) is 0 Å². The summed E-state index contributed by atoms with van der Waals surface area (Å²) in [5.41, 5.74) is 0.347. The molecule has 1 saturated carbocycles. The minimum Gasteiger partial charge on any atom is -0.294 e. The zero-order valence-corrected chi connectivity index (χ0v) is 13.6. The maximum Gasteiger partial charge on any atom is 0.168 e. The van der Waals surface area contributed by atoms with Crippen LogP contribution in [0.4, 0.5) is 8.78 Å². The van der Waals surface area contributed by atoms with Gasteiger partial charge in [-0.15, -0.1) is 0 Å². The van der Waals surface area contributed by atoms with Gasteiger partial charge in [-0.1, -0.05) is 33.1 Å². The molecule has 1 aromatic carbocycles. The molecule has 0 saturated heterocycles. The molecule has 0 N–H and O–H groups in total. The van der Waals surface area contributed by atoms with E-state index in [-0.39, 0.29) is 17.9 Å². The molecule has 0 bridgehead atoms. The van der Waals surface area contributed by atoms with E-state index in [9.17, 15) is 13.6 Å². The maximum atomic E-state index is 14.1. The van der Waals surface area contributed by atoms with Crippen molar-refractivity contribution in [2.75, 3.05) is 0 Å². The highest BCUT2D eigenvalue weighted by Crippen LogP contribution is 2.38. The van der Waals surface area contributed by atoms with Gasteiger partial charge in [0.25, 0.3) is 0 Å². The monoisotopic (exact) mass is 308 g/mol. The maximum absolute atomic E-state index is 14.1.